The molecule has 4 N–H and O–H groups in total. The molecule has 0 radical (unpaired) electrons. The third-order valence-electron chi connectivity index (χ3n) is 7.67. The van der Waals surface area contributed by atoms with Crippen molar-refractivity contribution < 1.29 is 24.3 Å². The summed E-state index contributed by atoms with van der Waals surface area (Å²) in [6.07, 6.45) is 21.8. The maximum atomic E-state index is 13.0. The highest BCUT2D eigenvalue weighted by Gasteiger charge is 2.36. The molecular formula is C32H58N4O5. The molecule has 1 fully saturated rings. The summed E-state index contributed by atoms with van der Waals surface area (Å²) >= 11 is 0. The zero-order valence-electron chi connectivity index (χ0n) is 26.2. The molecule has 236 valence electrons. The van der Waals surface area contributed by atoms with Gasteiger partial charge in [0.1, 0.15) is 18.1 Å². The minimum atomic E-state index is -0.823. The van der Waals surface area contributed by atoms with Crippen molar-refractivity contribution >= 4 is 23.6 Å². The number of allylic oxidation sites excluding steroid dienone is 2. The van der Waals surface area contributed by atoms with Crippen LogP contribution in [0.25, 0.3) is 0 Å². The Morgan fingerprint density at radius 1 is 0.805 bits per heavy atom. The third kappa shape index (κ3) is 16.0. The van der Waals surface area contributed by atoms with Crippen LogP contribution in [0.2, 0.25) is 0 Å². The fourth-order valence-corrected chi connectivity index (χ4v) is 5.07. The predicted octanol–water partition coefficient (Wildman–Crippen LogP) is 4.52. The molecule has 9 heteroatoms. The van der Waals surface area contributed by atoms with E-state index in [4.69, 9.17) is 0 Å². The van der Waals surface area contributed by atoms with E-state index in [1.807, 2.05) is 0 Å². The van der Waals surface area contributed by atoms with Gasteiger partial charge in [0.05, 0.1) is 6.61 Å². The van der Waals surface area contributed by atoms with Crippen LogP contribution in [0.3, 0.4) is 0 Å². The first-order valence-electron chi connectivity index (χ1n) is 16.2. The summed E-state index contributed by atoms with van der Waals surface area (Å²) in [6.45, 7) is 7.38. The zero-order chi connectivity index (χ0) is 30.5. The van der Waals surface area contributed by atoms with Crippen molar-refractivity contribution in [2.24, 2.45) is 0 Å². The van der Waals surface area contributed by atoms with Gasteiger partial charge in [-0.3, -0.25) is 19.2 Å². The number of hydrogen-bond acceptors (Lipinski definition) is 5. The van der Waals surface area contributed by atoms with Gasteiger partial charge in [0.2, 0.25) is 23.6 Å². The molecule has 4 amide bonds. The Balaban J connectivity index is 2.18. The van der Waals surface area contributed by atoms with Gasteiger partial charge in [0.25, 0.3) is 0 Å². The lowest BCUT2D eigenvalue weighted by molar-refractivity contribution is -0.141. The molecule has 1 rings (SSSR count). The molecule has 0 bridgehead atoms. The number of aliphatic hydroxyl groups is 1. The molecule has 0 spiro atoms. The number of carbonyl (C=O) groups is 4. The van der Waals surface area contributed by atoms with Crippen molar-refractivity contribution in [3.05, 3.63) is 12.2 Å². The predicted molar refractivity (Wildman–Crippen MR) is 164 cm³/mol. The summed E-state index contributed by atoms with van der Waals surface area (Å²) in [5.41, 5.74) is 0. The Kier molecular flexibility index (Phi) is 19.8. The Labute approximate surface area is 248 Å². The van der Waals surface area contributed by atoms with Gasteiger partial charge in [0, 0.05) is 19.0 Å². The first-order valence-corrected chi connectivity index (χ1v) is 16.2. The summed E-state index contributed by atoms with van der Waals surface area (Å²) in [7, 11) is 0. The van der Waals surface area contributed by atoms with Gasteiger partial charge in [-0.05, 0) is 65.7 Å². The van der Waals surface area contributed by atoms with Crippen molar-refractivity contribution in [3.8, 4) is 0 Å². The Bertz CT molecular complexity index is 803. The maximum absolute atomic E-state index is 13.0. The number of unbranched alkanes of at least 4 members (excludes halogenated alkanes) is 11. The van der Waals surface area contributed by atoms with Crippen LogP contribution in [0, 0.1) is 0 Å². The first-order chi connectivity index (χ1) is 19.7. The van der Waals surface area contributed by atoms with Crippen LogP contribution < -0.4 is 16.0 Å². The van der Waals surface area contributed by atoms with E-state index in [0.29, 0.717) is 25.8 Å². The Morgan fingerprint density at radius 3 is 2.00 bits per heavy atom. The van der Waals surface area contributed by atoms with E-state index in [0.717, 1.165) is 32.1 Å². The molecule has 0 aromatic rings. The molecule has 1 heterocycles. The summed E-state index contributed by atoms with van der Waals surface area (Å²) in [6, 6.07) is -2.59. The molecule has 4 atom stereocenters. The molecule has 1 saturated heterocycles. The van der Waals surface area contributed by atoms with Gasteiger partial charge in [-0.15, -0.1) is 0 Å². The Morgan fingerprint density at radius 2 is 1.39 bits per heavy atom. The Hall–Kier alpha value is -2.42. The van der Waals surface area contributed by atoms with Gasteiger partial charge < -0.3 is 26.0 Å². The average molecular weight is 579 g/mol. The third-order valence-corrected chi connectivity index (χ3v) is 7.67. The van der Waals surface area contributed by atoms with E-state index < -0.39 is 30.1 Å². The van der Waals surface area contributed by atoms with E-state index in [9.17, 15) is 24.3 Å². The summed E-state index contributed by atoms with van der Waals surface area (Å²) in [4.78, 5) is 51.9. The van der Waals surface area contributed by atoms with Crippen molar-refractivity contribution in [1.82, 2.24) is 20.9 Å². The molecule has 9 nitrogen and oxygen atoms in total. The number of likely N-dealkylation sites (tertiary alicyclic amines) is 1. The number of rotatable bonds is 22. The minimum Gasteiger partial charge on any atom is -0.394 e. The number of hydrogen-bond donors (Lipinski definition) is 4. The molecule has 1 aliphatic heterocycles. The van der Waals surface area contributed by atoms with Crippen molar-refractivity contribution in [2.75, 3.05) is 13.2 Å². The van der Waals surface area contributed by atoms with Crippen LogP contribution in [0.5, 0.6) is 0 Å². The van der Waals surface area contributed by atoms with Crippen LogP contribution >= 0.6 is 0 Å². The van der Waals surface area contributed by atoms with Crippen molar-refractivity contribution in [3.63, 3.8) is 0 Å². The van der Waals surface area contributed by atoms with E-state index >= 15 is 0 Å². The van der Waals surface area contributed by atoms with Crippen LogP contribution in [0.4, 0.5) is 0 Å². The molecule has 1 aliphatic rings. The van der Waals surface area contributed by atoms with Gasteiger partial charge >= 0.3 is 0 Å². The number of nitrogens with one attached hydrogen (secondary N) is 3. The molecule has 0 aromatic heterocycles. The van der Waals surface area contributed by atoms with Crippen LogP contribution in [0.15, 0.2) is 12.2 Å². The lowest BCUT2D eigenvalue weighted by Crippen LogP contribution is -2.55. The molecule has 0 aliphatic carbocycles. The number of nitrogens with zero attached hydrogens (tertiary/aromatic N) is 1. The second-order valence-electron chi connectivity index (χ2n) is 11.6. The lowest BCUT2D eigenvalue weighted by Gasteiger charge is -2.28. The highest BCUT2D eigenvalue weighted by atomic mass is 16.3. The van der Waals surface area contributed by atoms with Gasteiger partial charge in [-0.1, -0.05) is 70.4 Å². The second kappa shape index (κ2) is 22.2. The first kappa shape index (κ1) is 36.6. The lowest BCUT2D eigenvalue weighted by atomic mass is 10.1. The smallest absolute Gasteiger partial charge is 0.245 e. The quantitative estimate of drug-likeness (QED) is 0.111. The monoisotopic (exact) mass is 578 g/mol. The van der Waals surface area contributed by atoms with Crippen LogP contribution in [-0.4, -0.2) is 71.0 Å². The minimum absolute atomic E-state index is 0.168. The van der Waals surface area contributed by atoms with Crippen molar-refractivity contribution in [1.29, 1.82) is 0 Å². The average Bonchev–Trinajstić information content (AvgIpc) is 3.44. The largest absolute Gasteiger partial charge is 0.394 e. The summed E-state index contributed by atoms with van der Waals surface area (Å²) < 4.78 is 0. The second-order valence-corrected chi connectivity index (χ2v) is 11.6. The number of amides is 4. The van der Waals surface area contributed by atoms with Crippen LogP contribution in [0.1, 0.15) is 130 Å². The highest BCUT2D eigenvalue weighted by Crippen LogP contribution is 2.19. The van der Waals surface area contributed by atoms with E-state index in [-0.39, 0.29) is 24.3 Å². The van der Waals surface area contributed by atoms with Gasteiger partial charge in [-0.25, -0.2) is 0 Å². The number of aliphatic hydroxyl groups excluding tert-OH is 1. The molecular weight excluding hydrogens is 520 g/mol. The molecule has 0 aromatic carbocycles. The summed E-state index contributed by atoms with van der Waals surface area (Å²) in [5.74, 6) is -1.23. The molecule has 41 heavy (non-hydrogen) atoms. The van der Waals surface area contributed by atoms with E-state index in [1.165, 1.54) is 56.3 Å². The van der Waals surface area contributed by atoms with Crippen LogP contribution in [-0.2, 0) is 19.2 Å². The summed E-state index contributed by atoms with van der Waals surface area (Å²) in [5, 5.41) is 17.3. The molecule has 0 unspecified atom stereocenters. The van der Waals surface area contributed by atoms with Gasteiger partial charge in [-0.2, -0.15) is 0 Å². The fraction of sp³-hybridized carbons (Fsp3) is 0.812. The maximum Gasteiger partial charge on any atom is 0.245 e. The number of carbonyl (C=O) groups excluding carboxylic acids is 4. The van der Waals surface area contributed by atoms with E-state index in [2.05, 4.69) is 35.0 Å². The normalized spacial score (nSPS) is 17.3. The standard InChI is InChI=1S/C32H58N4O5/c1-5-6-7-8-9-10-11-12-13-14-15-16-17-18-19-22-29(38)34-26(3)30(39)35-27(4)32(41)36-23-20-21-28(36)31(40)33-25(2)24-37/h12-13,25-28,37H,5-11,14-24H2,1-4H3,(H,33,40)(H,34,38)(H,35,39)/t25-,26-,27-,28-/m0/s1. The topological polar surface area (TPSA) is 128 Å². The SMILES string of the molecule is CCCCCCCCC=CCCCCCCCC(=O)N[C@@H](C)C(=O)N[C@@H](C)C(=O)N1CCC[C@H]1C(=O)N[C@@H](C)CO. The fourth-order valence-electron chi connectivity index (χ4n) is 5.07. The zero-order valence-corrected chi connectivity index (χ0v) is 26.2. The van der Waals surface area contributed by atoms with Gasteiger partial charge in [0.15, 0.2) is 0 Å². The van der Waals surface area contributed by atoms with E-state index in [1.54, 1.807) is 20.8 Å². The molecule has 0 saturated carbocycles. The highest BCUT2D eigenvalue weighted by molar-refractivity contribution is 5.94. The van der Waals surface area contributed by atoms with Crippen molar-refractivity contribution in [2.45, 2.75) is 155 Å².